The van der Waals surface area contributed by atoms with Gasteiger partial charge in [0.15, 0.2) is 0 Å². The summed E-state index contributed by atoms with van der Waals surface area (Å²) >= 11 is 0. The van der Waals surface area contributed by atoms with E-state index in [0.717, 1.165) is 19.3 Å². The van der Waals surface area contributed by atoms with Crippen molar-refractivity contribution in [3.05, 3.63) is 24.3 Å². The van der Waals surface area contributed by atoms with Crippen LogP contribution in [-0.4, -0.2) is 61.7 Å². The average Bonchev–Trinajstić information content (AvgIpc) is 2.74. The molecule has 1 atom stereocenters. The molecule has 2 saturated heterocycles. The predicted molar refractivity (Wildman–Crippen MR) is 111 cm³/mol. The Balaban J connectivity index is 1.58. The molecular formula is C20H30N4O4S. The van der Waals surface area contributed by atoms with E-state index in [0.29, 0.717) is 44.7 Å². The summed E-state index contributed by atoms with van der Waals surface area (Å²) in [6, 6.07) is 5.99. The number of nitrogens with two attached hydrogens (primary N) is 1. The third kappa shape index (κ3) is 5.15. The number of benzene rings is 1. The van der Waals surface area contributed by atoms with Crippen LogP contribution in [0.1, 0.15) is 39.0 Å². The van der Waals surface area contributed by atoms with Crippen LogP contribution in [0.15, 0.2) is 29.2 Å². The first-order chi connectivity index (χ1) is 13.8. The molecule has 3 rings (SSSR count). The van der Waals surface area contributed by atoms with Crippen LogP contribution in [0, 0.1) is 5.92 Å². The number of sulfonamides is 1. The van der Waals surface area contributed by atoms with Gasteiger partial charge in [0.05, 0.1) is 10.9 Å². The quantitative estimate of drug-likeness (QED) is 0.719. The Bertz CT molecular complexity index is 827. The summed E-state index contributed by atoms with van der Waals surface area (Å²) in [4.78, 5) is 26.1. The highest BCUT2D eigenvalue weighted by molar-refractivity contribution is 7.89. The molecule has 1 aromatic carbocycles. The Morgan fingerprint density at radius 1 is 1.03 bits per heavy atom. The molecule has 2 fully saturated rings. The molecule has 3 N–H and O–H groups in total. The van der Waals surface area contributed by atoms with Crippen LogP contribution in [0.2, 0.25) is 0 Å². The van der Waals surface area contributed by atoms with Gasteiger partial charge in [0.2, 0.25) is 21.8 Å². The predicted octanol–water partition coefficient (Wildman–Crippen LogP) is 1.39. The van der Waals surface area contributed by atoms with Gasteiger partial charge in [-0.3, -0.25) is 14.5 Å². The fourth-order valence-electron chi connectivity index (χ4n) is 3.95. The summed E-state index contributed by atoms with van der Waals surface area (Å²) < 4.78 is 26.9. The molecule has 2 aliphatic heterocycles. The van der Waals surface area contributed by atoms with E-state index in [4.69, 9.17) is 5.73 Å². The Labute approximate surface area is 172 Å². The fraction of sp³-hybridized carbons (Fsp3) is 0.600. The van der Waals surface area contributed by atoms with Crippen molar-refractivity contribution in [1.29, 1.82) is 0 Å². The standard InChI is InChI=1S/C20H30N4O4S/c1-15(23-13-9-16(10-14-23)19(21)25)20(26)22-17-5-7-18(8-6-17)29(27,28)24-11-3-2-4-12-24/h5-8,15-16H,2-4,9-14H2,1H3,(H2,21,25)(H,22,26). The molecule has 160 valence electrons. The largest absolute Gasteiger partial charge is 0.369 e. The topological polar surface area (TPSA) is 113 Å². The van der Waals surface area contributed by atoms with E-state index in [9.17, 15) is 18.0 Å². The number of carbonyl (C=O) groups excluding carboxylic acids is 2. The molecular weight excluding hydrogens is 392 g/mol. The van der Waals surface area contributed by atoms with Crippen molar-refractivity contribution < 1.29 is 18.0 Å². The number of nitrogens with zero attached hydrogens (tertiary/aromatic N) is 2. The third-order valence-electron chi connectivity index (χ3n) is 5.93. The fourth-order valence-corrected chi connectivity index (χ4v) is 5.47. The van der Waals surface area contributed by atoms with Gasteiger partial charge in [-0.1, -0.05) is 6.42 Å². The van der Waals surface area contributed by atoms with Crippen molar-refractivity contribution in [3.63, 3.8) is 0 Å². The minimum absolute atomic E-state index is 0.115. The van der Waals surface area contributed by atoms with Crippen molar-refractivity contribution in [2.45, 2.75) is 50.0 Å². The van der Waals surface area contributed by atoms with Crippen LogP contribution in [-0.2, 0) is 19.6 Å². The van der Waals surface area contributed by atoms with Gasteiger partial charge >= 0.3 is 0 Å². The van der Waals surface area contributed by atoms with E-state index in [1.165, 1.54) is 4.31 Å². The highest BCUT2D eigenvalue weighted by Gasteiger charge is 2.29. The summed E-state index contributed by atoms with van der Waals surface area (Å²) in [7, 11) is -3.48. The molecule has 0 saturated carbocycles. The number of piperidine rings is 2. The van der Waals surface area contributed by atoms with E-state index in [2.05, 4.69) is 5.32 Å². The Morgan fingerprint density at radius 3 is 2.17 bits per heavy atom. The summed E-state index contributed by atoms with van der Waals surface area (Å²) in [6.45, 7) is 4.25. The molecule has 0 spiro atoms. The first-order valence-corrected chi connectivity index (χ1v) is 11.7. The van der Waals surface area contributed by atoms with Crippen LogP contribution < -0.4 is 11.1 Å². The molecule has 2 aliphatic rings. The molecule has 29 heavy (non-hydrogen) atoms. The highest BCUT2D eigenvalue weighted by Crippen LogP contribution is 2.23. The number of likely N-dealkylation sites (tertiary alicyclic amines) is 1. The van der Waals surface area contributed by atoms with Crippen LogP contribution in [0.5, 0.6) is 0 Å². The lowest BCUT2D eigenvalue weighted by Crippen LogP contribution is -2.47. The Hall–Kier alpha value is -1.97. The van der Waals surface area contributed by atoms with Gasteiger partial charge < -0.3 is 11.1 Å². The van der Waals surface area contributed by atoms with Gasteiger partial charge in [-0.15, -0.1) is 0 Å². The minimum atomic E-state index is -3.48. The number of amides is 2. The number of hydrogen-bond donors (Lipinski definition) is 2. The first kappa shape index (κ1) is 21.7. The minimum Gasteiger partial charge on any atom is -0.369 e. The van der Waals surface area contributed by atoms with Crippen molar-refractivity contribution in [1.82, 2.24) is 9.21 Å². The van der Waals surface area contributed by atoms with E-state index >= 15 is 0 Å². The lowest BCUT2D eigenvalue weighted by Gasteiger charge is -2.34. The summed E-state index contributed by atoms with van der Waals surface area (Å²) in [5.41, 5.74) is 5.92. The number of anilines is 1. The van der Waals surface area contributed by atoms with Crippen LogP contribution in [0.4, 0.5) is 5.69 Å². The van der Waals surface area contributed by atoms with E-state index < -0.39 is 10.0 Å². The Kier molecular flexibility index (Phi) is 6.92. The van der Waals surface area contributed by atoms with Crippen molar-refractivity contribution in [2.75, 3.05) is 31.5 Å². The number of carbonyl (C=O) groups is 2. The Morgan fingerprint density at radius 2 is 1.62 bits per heavy atom. The van der Waals surface area contributed by atoms with Crippen LogP contribution in [0.25, 0.3) is 0 Å². The maximum atomic E-state index is 12.7. The smallest absolute Gasteiger partial charge is 0.243 e. The van der Waals surface area contributed by atoms with Crippen molar-refractivity contribution in [3.8, 4) is 0 Å². The summed E-state index contributed by atoms with van der Waals surface area (Å²) in [5.74, 6) is -0.550. The number of nitrogens with one attached hydrogen (secondary N) is 1. The van der Waals surface area contributed by atoms with Crippen molar-refractivity contribution >= 4 is 27.5 Å². The lowest BCUT2D eigenvalue weighted by molar-refractivity contribution is -0.124. The molecule has 0 bridgehead atoms. The van der Waals surface area contributed by atoms with E-state index in [-0.39, 0.29) is 28.7 Å². The van der Waals surface area contributed by atoms with Gasteiger partial charge in [-0.05, 0) is 70.0 Å². The monoisotopic (exact) mass is 422 g/mol. The lowest BCUT2D eigenvalue weighted by atomic mass is 9.95. The van der Waals surface area contributed by atoms with Gasteiger partial charge in [-0.2, -0.15) is 4.31 Å². The average molecular weight is 423 g/mol. The number of hydrogen-bond acceptors (Lipinski definition) is 5. The maximum absolute atomic E-state index is 12.7. The number of rotatable bonds is 6. The molecule has 0 aliphatic carbocycles. The van der Waals surface area contributed by atoms with Gasteiger partial charge in [0, 0.05) is 24.7 Å². The molecule has 2 heterocycles. The second kappa shape index (κ2) is 9.23. The molecule has 8 nitrogen and oxygen atoms in total. The van der Waals surface area contributed by atoms with Gasteiger partial charge in [0.25, 0.3) is 0 Å². The van der Waals surface area contributed by atoms with E-state index in [1.54, 1.807) is 24.3 Å². The molecule has 0 aromatic heterocycles. The zero-order valence-corrected chi connectivity index (χ0v) is 17.7. The SMILES string of the molecule is CC(C(=O)Nc1ccc(S(=O)(=O)N2CCCCC2)cc1)N1CCC(C(N)=O)CC1. The first-order valence-electron chi connectivity index (χ1n) is 10.2. The second-order valence-electron chi connectivity index (χ2n) is 7.87. The third-order valence-corrected chi connectivity index (χ3v) is 7.85. The summed E-state index contributed by atoms with van der Waals surface area (Å²) in [5, 5.41) is 2.85. The molecule has 1 aromatic rings. The number of primary amides is 1. The summed E-state index contributed by atoms with van der Waals surface area (Å²) in [6.07, 6.45) is 4.17. The molecule has 2 amide bonds. The second-order valence-corrected chi connectivity index (χ2v) is 9.80. The van der Waals surface area contributed by atoms with Gasteiger partial charge in [-0.25, -0.2) is 8.42 Å². The highest BCUT2D eigenvalue weighted by atomic mass is 32.2. The van der Waals surface area contributed by atoms with Crippen LogP contribution >= 0.6 is 0 Å². The normalized spacial score (nSPS) is 20.9. The molecule has 9 heteroatoms. The molecule has 0 radical (unpaired) electrons. The van der Waals surface area contributed by atoms with E-state index in [1.807, 2.05) is 11.8 Å². The van der Waals surface area contributed by atoms with Crippen LogP contribution in [0.3, 0.4) is 0 Å². The zero-order chi connectivity index (χ0) is 21.0. The van der Waals surface area contributed by atoms with Gasteiger partial charge in [0.1, 0.15) is 0 Å². The zero-order valence-electron chi connectivity index (χ0n) is 16.8. The maximum Gasteiger partial charge on any atom is 0.243 e. The van der Waals surface area contributed by atoms with Crippen molar-refractivity contribution in [2.24, 2.45) is 11.7 Å². The molecule has 1 unspecified atom stereocenters.